The number of nitrogens with zero attached hydrogens (tertiary/aromatic N) is 1. The van der Waals surface area contributed by atoms with Crippen molar-refractivity contribution in [3.05, 3.63) is 60.2 Å². The third-order valence-corrected chi connectivity index (χ3v) is 6.23. The van der Waals surface area contributed by atoms with Crippen LogP contribution in [0.2, 0.25) is 0 Å². The standard InChI is InChI=1S/C16H15NO5S2/c1-22-11-14-13-9-5-6-10-15(13)17(16(14)23(18)19)24(20,21)12-7-3-2-4-8-12/h2-10H,11H2,1H3,(H,18,19). The van der Waals surface area contributed by atoms with Crippen molar-refractivity contribution in [2.75, 3.05) is 7.11 Å². The number of para-hydroxylation sites is 1. The summed E-state index contributed by atoms with van der Waals surface area (Å²) in [6, 6.07) is 14.5. The van der Waals surface area contributed by atoms with Crippen LogP contribution >= 0.6 is 0 Å². The van der Waals surface area contributed by atoms with Gasteiger partial charge in [-0.2, -0.15) is 0 Å². The number of fused-ring (bicyclic) bond motifs is 1. The van der Waals surface area contributed by atoms with E-state index in [0.717, 1.165) is 3.97 Å². The molecular formula is C16H15NO5S2. The molecule has 0 aliphatic carbocycles. The van der Waals surface area contributed by atoms with Crippen molar-refractivity contribution < 1.29 is 21.9 Å². The lowest BCUT2D eigenvalue weighted by Crippen LogP contribution is -2.17. The van der Waals surface area contributed by atoms with E-state index in [0.29, 0.717) is 16.5 Å². The summed E-state index contributed by atoms with van der Waals surface area (Å²) in [4.78, 5) is 0.0430. The summed E-state index contributed by atoms with van der Waals surface area (Å²) < 4.78 is 53.9. The lowest BCUT2D eigenvalue weighted by molar-refractivity contribution is 0.183. The van der Waals surface area contributed by atoms with Gasteiger partial charge < -0.3 is 9.29 Å². The summed E-state index contributed by atoms with van der Waals surface area (Å²) in [7, 11) is -2.58. The molecule has 0 amide bonds. The molecule has 1 atom stereocenters. The number of aromatic nitrogens is 1. The zero-order valence-electron chi connectivity index (χ0n) is 12.7. The van der Waals surface area contributed by atoms with Gasteiger partial charge in [-0.05, 0) is 18.2 Å². The van der Waals surface area contributed by atoms with Crippen LogP contribution in [-0.4, -0.2) is 28.3 Å². The van der Waals surface area contributed by atoms with E-state index in [2.05, 4.69) is 0 Å². The van der Waals surface area contributed by atoms with Crippen molar-refractivity contribution in [2.45, 2.75) is 16.5 Å². The Bertz CT molecular complexity index is 1010. The average Bonchev–Trinajstić information content (AvgIpc) is 2.92. The molecule has 24 heavy (non-hydrogen) atoms. The highest BCUT2D eigenvalue weighted by atomic mass is 32.2. The molecule has 3 aromatic rings. The van der Waals surface area contributed by atoms with Gasteiger partial charge in [0.25, 0.3) is 10.0 Å². The molecule has 0 aliphatic rings. The van der Waals surface area contributed by atoms with Crippen LogP contribution in [0.25, 0.3) is 10.9 Å². The maximum Gasteiger partial charge on any atom is 0.269 e. The van der Waals surface area contributed by atoms with Crippen molar-refractivity contribution in [1.29, 1.82) is 0 Å². The average molecular weight is 365 g/mol. The third-order valence-electron chi connectivity index (χ3n) is 3.63. The van der Waals surface area contributed by atoms with Gasteiger partial charge in [-0.25, -0.2) is 16.6 Å². The molecule has 1 unspecified atom stereocenters. The highest BCUT2D eigenvalue weighted by Gasteiger charge is 2.29. The molecule has 0 fully saturated rings. The summed E-state index contributed by atoms with van der Waals surface area (Å²) in [6.07, 6.45) is 0. The molecule has 0 aliphatic heterocycles. The first-order valence-corrected chi connectivity index (χ1v) is 9.56. The molecule has 0 radical (unpaired) electrons. The summed E-state index contributed by atoms with van der Waals surface area (Å²) in [5.41, 5.74) is 0.722. The Kier molecular flexibility index (Phi) is 4.55. The fourth-order valence-corrected chi connectivity index (χ4v) is 5.21. The van der Waals surface area contributed by atoms with Crippen LogP contribution in [0.3, 0.4) is 0 Å². The van der Waals surface area contributed by atoms with E-state index >= 15 is 0 Å². The van der Waals surface area contributed by atoms with E-state index in [-0.39, 0.29) is 16.5 Å². The Balaban J connectivity index is 2.44. The molecule has 8 heteroatoms. The highest BCUT2D eigenvalue weighted by Crippen LogP contribution is 2.32. The Hall–Kier alpha value is -2.00. The fourth-order valence-electron chi connectivity index (χ4n) is 2.65. The molecule has 6 nitrogen and oxygen atoms in total. The van der Waals surface area contributed by atoms with E-state index in [9.17, 15) is 17.2 Å². The van der Waals surface area contributed by atoms with Gasteiger partial charge in [0.15, 0.2) is 5.03 Å². The maximum absolute atomic E-state index is 13.1. The Morgan fingerprint density at radius 3 is 2.33 bits per heavy atom. The van der Waals surface area contributed by atoms with Gasteiger partial charge in [-0.15, -0.1) is 0 Å². The zero-order chi connectivity index (χ0) is 17.3. The first-order valence-electron chi connectivity index (χ1n) is 7.01. The van der Waals surface area contributed by atoms with Crippen molar-refractivity contribution in [3.8, 4) is 0 Å². The number of ether oxygens (including phenoxy) is 1. The van der Waals surface area contributed by atoms with Gasteiger partial charge in [-0.3, -0.25) is 0 Å². The minimum Gasteiger partial charge on any atom is -0.380 e. The van der Waals surface area contributed by atoms with Gasteiger partial charge in [0.1, 0.15) is 0 Å². The quantitative estimate of drug-likeness (QED) is 0.703. The molecule has 0 spiro atoms. The Labute approximate surface area is 142 Å². The monoisotopic (exact) mass is 365 g/mol. The second-order valence-electron chi connectivity index (χ2n) is 5.07. The number of hydrogen-bond donors (Lipinski definition) is 1. The molecule has 3 rings (SSSR count). The first-order chi connectivity index (χ1) is 11.5. The summed E-state index contributed by atoms with van der Waals surface area (Å²) >= 11 is -2.50. The molecule has 126 valence electrons. The van der Waals surface area contributed by atoms with Crippen LogP contribution in [0.4, 0.5) is 0 Å². The minimum atomic E-state index is -4.03. The Morgan fingerprint density at radius 2 is 1.71 bits per heavy atom. The van der Waals surface area contributed by atoms with Crippen molar-refractivity contribution >= 4 is 32.0 Å². The van der Waals surface area contributed by atoms with Crippen LogP contribution in [-0.2, 0) is 32.4 Å². The van der Waals surface area contributed by atoms with Gasteiger partial charge in [0.05, 0.1) is 17.0 Å². The van der Waals surface area contributed by atoms with E-state index in [4.69, 9.17) is 4.74 Å². The Morgan fingerprint density at radius 1 is 1.08 bits per heavy atom. The summed E-state index contributed by atoms with van der Waals surface area (Å²) in [5, 5.41) is 0.373. The van der Waals surface area contributed by atoms with Gasteiger partial charge in [0.2, 0.25) is 11.1 Å². The fraction of sp³-hybridized carbons (Fsp3) is 0.125. The van der Waals surface area contributed by atoms with E-state index < -0.39 is 21.1 Å². The lowest BCUT2D eigenvalue weighted by atomic mass is 10.2. The molecule has 0 saturated carbocycles. The van der Waals surface area contributed by atoms with Crippen LogP contribution in [0.15, 0.2) is 64.5 Å². The van der Waals surface area contributed by atoms with Gasteiger partial charge >= 0.3 is 0 Å². The maximum atomic E-state index is 13.1. The van der Waals surface area contributed by atoms with Gasteiger partial charge in [-0.1, -0.05) is 36.4 Å². The predicted octanol–water partition coefficient (Wildman–Crippen LogP) is 2.61. The van der Waals surface area contributed by atoms with Crippen molar-refractivity contribution in [2.24, 2.45) is 0 Å². The molecule has 1 aromatic heterocycles. The van der Waals surface area contributed by atoms with Gasteiger partial charge in [0, 0.05) is 18.1 Å². The number of rotatable bonds is 5. The smallest absolute Gasteiger partial charge is 0.269 e. The van der Waals surface area contributed by atoms with Crippen LogP contribution in [0.1, 0.15) is 5.56 Å². The normalized spacial score (nSPS) is 13.2. The number of benzene rings is 2. The van der Waals surface area contributed by atoms with Crippen molar-refractivity contribution in [3.63, 3.8) is 0 Å². The number of methoxy groups -OCH3 is 1. The molecule has 0 saturated heterocycles. The second-order valence-corrected chi connectivity index (χ2v) is 7.74. The summed E-state index contributed by atoms with van der Waals surface area (Å²) in [5.74, 6) is 0. The third kappa shape index (κ3) is 2.67. The SMILES string of the molecule is COCc1c(S(=O)O)n(S(=O)(=O)c2ccccc2)c2ccccc12. The van der Waals surface area contributed by atoms with E-state index in [1.54, 1.807) is 42.5 Å². The van der Waals surface area contributed by atoms with E-state index in [1.165, 1.54) is 19.2 Å². The van der Waals surface area contributed by atoms with Crippen LogP contribution in [0.5, 0.6) is 0 Å². The van der Waals surface area contributed by atoms with Crippen LogP contribution in [0, 0.1) is 0 Å². The lowest BCUT2D eigenvalue weighted by Gasteiger charge is -2.10. The molecular weight excluding hydrogens is 350 g/mol. The molecule has 1 N–H and O–H groups in total. The minimum absolute atomic E-state index is 0.0272. The second kappa shape index (κ2) is 6.48. The topological polar surface area (TPSA) is 85.6 Å². The molecule has 1 heterocycles. The van der Waals surface area contributed by atoms with E-state index in [1.807, 2.05) is 0 Å². The molecule has 0 bridgehead atoms. The van der Waals surface area contributed by atoms with Crippen LogP contribution < -0.4 is 0 Å². The largest absolute Gasteiger partial charge is 0.380 e. The summed E-state index contributed by atoms with van der Waals surface area (Å²) in [6.45, 7) is 0.0272. The highest BCUT2D eigenvalue weighted by molar-refractivity contribution is 7.90. The predicted molar refractivity (Wildman–Crippen MR) is 90.7 cm³/mol. The number of hydrogen-bond acceptors (Lipinski definition) is 4. The molecule has 2 aromatic carbocycles. The zero-order valence-corrected chi connectivity index (χ0v) is 14.4. The van der Waals surface area contributed by atoms with Crippen molar-refractivity contribution in [1.82, 2.24) is 3.97 Å². The first kappa shape index (κ1) is 16.8.